The van der Waals surface area contributed by atoms with Gasteiger partial charge in [-0.2, -0.15) is 0 Å². The molecular formula is C3H13B2N4O. The molecule has 0 heterocycles. The van der Waals surface area contributed by atoms with E-state index in [4.69, 9.17) is 10.5 Å². The second-order valence-electron chi connectivity index (χ2n) is 1.74. The minimum atomic E-state index is -0.285. The molecule has 7 heteroatoms. The number of rotatable bonds is 5. The van der Waals surface area contributed by atoms with Crippen LogP contribution < -0.4 is 16.3 Å². The predicted molar refractivity (Wildman–Crippen MR) is 42.7 cm³/mol. The lowest BCUT2D eigenvalue weighted by molar-refractivity contribution is 0.365. The summed E-state index contributed by atoms with van der Waals surface area (Å²) in [6.07, 6.45) is 0. The summed E-state index contributed by atoms with van der Waals surface area (Å²) in [5.41, 5.74) is 0. The first-order chi connectivity index (χ1) is 4.76. The minimum Gasteiger partial charge on any atom is -0.411 e. The quantitative estimate of drug-likeness (QED) is 0.231. The second kappa shape index (κ2) is 5.69. The normalized spacial score (nSPS) is 10.1. The van der Waals surface area contributed by atoms with Crippen molar-refractivity contribution in [2.24, 2.45) is 5.84 Å². The highest BCUT2D eigenvalue weighted by Crippen LogP contribution is 1.77. The third-order valence-corrected chi connectivity index (χ3v) is 1.02. The van der Waals surface area contributed by atoms with Crippen LogP contribution in [0.2, 0.25) is 0 Å². The van der Waals surface area contributed by atoms with Gasteiger partial charge in [-0.15, -0.1) is 0 Å². The first-order valence-electron chi connectivity index (χ1n) is 3.00. The summed E-state index contributed by atoms with van der Waals surface area (Å²) in [5.74, 6) is 5.48. The van der Waals surface area contributed by atoms with Crippen LogP contribution in [0.15, 0.2) is 0 Å². The lowest BCUT2D eigenvalue weighted by atomic mass is 9.91. The van der Waals surface area contributed by atoms with E-state index in [1.54, 1.807) is 28.8 Å². The molecule has 1 radical (unpaired) electrons. The van der Waals surface area contributed by atoms with Crippen molar-refractivity contribution in [2.45, 2.75) is 0 Å². The minimum absolute atomic E-state index is 0.285. The van der Waals surface area contributed by atoms with Gasteiger partial charge in [-0.25, -0.2) is 0 Å². The van der Waals surface area contributed by atoms with Crippen LogP contribution >= 0.6 is 0 Å². The van der Waals surface area contributed by atoms with Crippen molar-refractivity contribution in [3.63, 3.8) is 0 Å². The molecule has 0 unspecified atom stereocenters. The van der Waals surface area contributed by atoms with Crippen LogP contribution in [-0.4, -0.2) is 40.8 Å². The van der Waals surface area contributed by atoms with Crippen molar-refractivity contribution in [1.82, 2.24) is 15.3 Å². The summed E-state index contributed by atoms with van der Waals surface area (Å²) >= 11 is 0. The van der Waals surface area contributed by atoms with Crippen LogP contribution in [-0.2, 0) is 4.65 Å². The van der Waals surface area contributed by atoms with Gasteiger partial charge in [-0.3, -0.25) is 10.7 Å². The lowest BCUT2D eigenvalue weighted by Crippen LogP contribution is -2.58. The number of nitrogens with zero attached hydrogens (tertiary/aromatic N) is 1. The summed E-state index contributed by atoms with van der Waals surface area (Å²) in [4.78, 5) is 1.39. The molecule has 5 nitrogen and oxygen atoms in total. The van der Waals surface area contributed by atoms with Crippen molar-refractivity contribution in [3.05, 3.63) is 0 Å². The Labute approximate surface area is 62.7 Å². The van der Waals surface area contributed by atoms with Gasteiger partial charge in [0.25, 0.3) is 0 Å². The van der Waals surface area contributed by atoms with Gasteiger partial charge < -0.3 is 15.1 Å². The Bertz CT molecular complexity index is 80.9. The smallest absolute Gasteiger partial charge is 0.411 e. The van der Waals surface area contributed by atoms with E-state index < -0.39 is 0 Å². The Balaban J connectivity index is 3.53. The van der Waals surface area contributed by atoms with Crippen molar-refractivity contribution in [1.29, 1.82) is 0 Å². The first-order valence-corrected chi connectivity index (χ1v) is 3.00. The molecule has 0 atom stereocenters. The molecule has 0 aromatic heterocycles. The van der Waals surface area contributed by atoms with Gasteiger partial charge in [-0.1, -0.05) is 0 Å². The van der Waals surface area contributed by atoms with Crippen LogP contribution in [0.5, 0.6) is 0 Å². The number of nitrogens with two attached hydrogens (primary N) is 1. The first kappa shape index (κ1) is 9.93. The van der Waals surface area contributed by atoms with Gasteiger partial charge in [0.15, 0.2) is 0 Å². The van der Waals surface area contributed by atoms with Crippen LogP contribution in [0.25, 0.3) is 0 Å². The Morgan fingerprint density at radius 1 is 1.60 bits per heavy atom. The van der Waals surface area contributed by atoms with Gasteiger partial charge in [0, 0.05) is 7.11 Å². The topological polar surface area (TPSA) is 62.5 Å². The molecule has 0 rings (SSSR count). The average molecular weight is 143 g/mol. The summed E-state index contributed by atoms with van der Waals surface area (Å²) < 4.78 is 4.93. The van der Waals surface area contributed by atoms with Gasteiger partial charge >= 0.3 is 14.7 Å². The highest BCUT2D eigenvalue weighted by Gasteiger charge is 2.19. The summed E-state index contributed by atoms with van der Waals surface area (Å²) in [7, 11) is 6.42. The van der Waals surface area contributed by atoms with Crippen molar-refractivity contribution < 1.29 is 4.65 Å². The molecule has 0 aliphatic heterocycles. The molecule has 0 spiro atoms. The lowest BCUT2D eigenvalue weighted by Gasteiger charge is -2.19. The summed E-state index contributed by atoms with van der Waals surface area (Å²) in [5, 5.41) is 5.62. The van der Waals surface area contributed by atoms with E-state index in [1.807, 2.05) is 0 Å². The average Bonchev–Trinajstić information content (AvgIpc) is 1.91. The Morgan fingerprint density at radius 3 is 2.50 bits per heavy atom. The maximum Gasteiger partial charge on any atom is 0.478 e. The van der Waals surface area contributed by atoms with E-state index in [0.717, 1.165) is 0 Å². The van der Waals surface area contributed by atoms with Gasteiger partial charge in [-0.05, 0) is 14.1 Å². The van der Waals surface area contributed by atoms with E-state index in [1.165, 1.54) is 4.83 Å². The van der Waals surface area contributed by atoms with Crippen molar-refractivity contribution >= 4 is 14.7 Å². The van der Waals surface area contributed by atoms with Crippen LogP contribution in [0, 0.1) is 0 Å². The molecule has 0 aliphatic rings. The zero-order chi connectivity index (χ0) is 7.98. The highest BCUT2D eigenvalue weighted by atomic mass is 16.4. The largest absolute Gasteiger partial charge is 0.478 e. The molecule has 57 valence electrons. The summed E-state index contributed by atoms with van der Waals surface area (Å²) in [6.45, 7) is 0. The van der Waals surface area contributed by atoms with Gasteiger partial charge in [0.2, 0.25) is 0 Å². The monoisotopic (exact) mass is 143 g/mol. The van der Waals surface area contributed by atoms with Crippen LogP contribution in [0.3, 0.4) is 0 Å². The Kier molecular flexibility index (Phi) is 5.66. The molecule has 0 saturated carbocycles. The van der Waals surface area contributed by atoms with Gasteiger partial charge in [0.05, 0.1) is 0 Å². The molecule has 0 fully saturated rings. The van der Waals surface area contributed by atoms with Crippen molar-refractivity contribution in [3.8, 4) is 0 Å². The number of hydrazine groups is 1. The molecule has 0 amide bonds. The fourth-order valence-corrected chi connectivity index (χ4v) is 0.605. The maximum atomic E-state index is 5.48. The zero-order valence-electron chi connectivity index (χ0n) is 6.59. The molecule has 0 bridgehead atoms. The Hall–Kier alpha value is -0.0701. The number of nitrogens with one attached hydrogen (secondary N) is 2. The fraction of sp³-hybridized carbons (Fsp3) is 1.00. The third kappa shape index (κ3) is 3.19. The van der Waals surface area contributed by atoms with E-state index in [2.05, 4.69) is 10.5 Å². The molecule has 10 heavy (non-hydrogen) atoms. The molecule has 0 saturated heterocycles. The number of hydrogen-bond acceptors (Lipinski definition) is 5. The van der Waals surface area contributed by atoms with Crippen LogP contribution in [0.4, 0.5) is 0 Å². The molecule has 0 aromatic rings. The fourth-order valence-electron chi connectivity index (χ4n) is 0.605. The predicted octanol–water partition coefficient (Wildman–Crippen LogP) is -2.23. The zero-order valence-corrected chi connectivity index (χ0v) is 6.59. The van der Waals surface area contributed by atoms with Gasteiger partial charge in [0.1, 0.15) is 0 Å². The highest BCUT2D eigenvalue weighted by molar-refractivity contribution is 6.56. The molecular weight excluding hydrogens is 130 g/mol. The summed E-state index contributed by atoms with van der Waals surface area (Å²) in [6, 6.07) is 0. The SMILES string of the molecule is CN[B]N(N)B(NC)OC. The standard InChI is InChI=1S/C3H13B2N4O/c1-7-4-9(6)5(8-2)10-3/h7-8H,6H2,1-3H3. The molecule has 0 aromatic carbocycles. The molecule has 4 N–H and O–H groups in total. The van der Waals surface area contributed by atoms with E-state index in [-0.39, 0.29) is 7.19 Å². The van der Waals surface area contributed by atoms with E-state index in [9.17, 15) is 0 Å². The van der Waals surface area contributed by atoms with E-state index >= 15 is 0 Å². The number of hydrogen-bond donors (Lipinski definition) is 3. The van der Waals surface area contributed by atoms with E-state index in [0.29, 0.717) is 0 Å². The second-order valence-corrected chi connectivity index (χ2v) is 1.74. The molecule has 0 aliphatic carbocycles. The Morgan fingerprint density at radius 2 is 2.20 bits per heavy atom. The maximum absolute atomic E-state index is 5.48. The van der Waals surface area contributed by atoms with Crippen LogP contribution in [0.1, 0.15) is 0 Å². The van der Waals surface area contributed by atoms with Crippen molar-refractivity contribution in [2.75, 3.05) is 21.2 Å². The third-order valence-electron chi connectivity index (χ3n) is 1.02.